The summed E-state index contributed by atoms with van der Waals surface area (Å²) < 4.78 is 0.526. The van der Waals surface area contributed by atoms with Gasteiger partial charge in [-0.15, -0.1) is 0 Å². The molecule has 0 bridgehead atoms. The molecular weight excluding hydrogens is 334 g/mol. The van der Waals surface area contributed by atoms with Gasteiger partial charge in [0.2, 0.25) is 11.8 Å². The second kappa shape index (κ2) is 5.29. The maximum atomic E-state index is 12.6. The third-order valence-corrected chi connectivity index (χ3v) is 3.99. The molecule has 1 unspecified atom stereocenters. The molecule has 1 aromatic carbocycles. The van der Waals surface area contributed by atoms with Gasteiger partial charge >= 0.3 is 0 Å². The molecule has 1 saturated heterocycles. The first-order valence-electron chi connectivity index (χ1n) is 6.40. The Morgan fingerprint density at radius 3 is 2.62 bits per heavy atom. The van der Waals surface area contributed by atoms with Crippen LogP contribution in [-0.2, 0) is 9.59 Å². The quantitative estimate of drug-likeness (QED) is 0.848. The molecule has 0 spiro atoms. The number of nitrogens with zero attached hydrogens (tertiary/aromatic N) is 2. The van der Waals surface area contributed by atoms with Gasteiger partial charge in [0.25, 0.3) is 0 Å². The molecule has 6 heteroatoms. The van der Waals surface area contributed by atoms with Crippen LogP contribution in [-0.4, -0.2) is 16.8 Å². The maximum absolute atomic E-state index is 12.6. The minimum atomic E-state index is -0.454. The van der Waals surface area contributed by atoms with Crippen LogP contribution in [0.25, 0.3) is 0 Å². The number of amides is 2. The highest BCUT2D eigenvalue weighted by atomic mass is 79.9. The zero-order valence-electron chi connectivity index (χ0n) is 11.0. The zero-order valence-corrected chi connectivity index (χ0v) is 12.6. The number of nitrogens with two attached hydrogens (primary N) is 1. The number of pyridine rings is 1. The van der Waals surface area contributed by atoms with E-state index in [0.29, 0.717) is 10.2 Å². The minimum absolute atomic E-state index is 0.154. The van der Waals surface area contributed by atoms with Crippen molar-refractivity contribution in [2.75, 3.05) is 10.6 Å². The van der Waals surface area contributed by atoms with Gasteiger partial charge in [0, 0.05) is 6.42 Å². The molecule has 3 rings (SSSR count). The molecule has 5 nitrogen and oxygen atoms in total. The Balaban J connectivity index is 1.98. The van der Waals surface area contributed by atoms with E-state index in [1.807, 2.05) is 30.3 Å². The number of hydrogen-bond acceptors (Lipinski definition) is 4. The molecule has 2 heterocycles. The van der Waals surface area contributed by atoms with E-state index in [0.717, 1.165) is 10.5 Å². The average Bonchev–Trinajstić information content (AvgIpc) is 2.76. The Labute approximate surface area is 129 Å². The van der Waals surface area contributed by atoms with Crippen molar-refractivity contribution in [3.8, 4) is 0 Å². The number of imide groups is 1. The fraction of sp³-hybridized carbons (Fsp3) is 0.133. The molecule has 2 N–H and O–H groups in total. The average molecular weight is 346 g/mol. The topological polar surface area (TPSA) is 76.3 Å². The summed E-state index contributed by atoms with van der Waals surface area (Å²) in [7, 11) is 0. The van der Waals surface area contributed by atoms with Gasteiger partial charge in [-0.3, -0.25) is 9.59 Å². The highest BCUT2D eigenvalue weighted by Gasteiger charge is 2.41. The second-order valence-corrected chi connectivity index (χ2v) is 5.66. The molecule has 1 aromatic heterocycles. The number of rotatable bonds is 2. The van der Waals surface area contributed by atoms with Crippen LogP contribution >= 0.6 is 15.9 Å². The molecule has 1 fully saturated rings. The Morgan fingerprint density at radius 1 is 1.24 bits per heavy atom. The van der Waals surface area contributed by atoms with Gasteiger partial charge in [-0.05, 0) is 27.6 Å². The Morgan fingerprint density at radius 2 is 1.95 bits per heavy atom. The second-order valence-electron chi connectivity index (χ2n) is 4.81. The third-order valence-electron chi connectivity index (χ3n) is 3.40. The van der Waals surface area contributed by atoms with Crippen LogP contribution in [0.5, 0.6) is 0 Å². The number of carbonyl (C=O) groups excluding carboxylic acids is 2. The zero-order chi connectivity index (χ0) is 15.0. The SMILES string of the molecule is Nc1cnc(N2C(=O)CC(c3ccccc3)C2=O)c(Br)c1. The lowest BCUT2D eigenvalue weighted by atomic mass is 9.98. The number of benzene rings is 1. The van der Waals surface area contributed by atoms with E-state index in [1.165, 1.54) is 6.20 Å². The normalized spacial score (nSPS) is 18.3. The molecule has 0 radical (unpaired) electrons. The van der Waals surface area contributed by atoms with Crippen LogP contribution in [0.3, 0.4) is 0 Å². The van der Waals surface area contributed by atoms with E-state index in [9.17, 15) is 9.59 Å². The first kappa shape index (κ1) is 13.8. The van der Waals surface area contributed by atoms with Crippen LogP contribution < -0.4 is 10.6 Å². The lowest BCUT2D eigenvalue weighted by molar-refractivity contribution is -0.121. The van der Waals surface area contributed by atoms with Gasteiger partial charge < -0.3 is 5.73 Å². The first-order chi connectivity index (χ1) is 10.1. The monoisotopic (exact) mass is 345 g/mol. The lowest BCUT2D eigenvalue weighted by Crippen LogP contribution is -2.31. The summed E-state index contributed by atoms with van der Waals surface area (Å²) >= 11 is 3.30. The van der Waals surface area contributed by atoms with Crippen molar-refractivity contribution in [2.24, 2.45) is 0 Å². The van der Waals surface area contributed by atoms with Crippen LogP contribution in [0.2, 0.25) is 0 Å². The van der Waals surface area contributed by atoms with Crippen molar-refractivity contribution >= 4 is 39.2 Å². The van der Waals surface area contributed by atoms with E-state index in [-0.39, 0.29) is 24.1 Å². The first-order valence-corrected chi connectivity index (χ1v) is 7.20. The summed E-state index contributed by atoms with van der Waals surface area (Å²) in [6.07, 6.45) is 1.58. The van der Waals surface area contributed by atoms with Crippen molar-refractivity contribution in [1.29, 1.82) is 0 Å². The molecular formula is C15H12BrN3O2. The molecule has 1 atom stereocenters. The van der Waals surface area contributed by atoms with Crippen molar-refractivity contribution in [3.05, 3.63) is 52.6 Å². The maximum Gasteiger partial charge on any atom is 0.243 e. The summed E-state index contributed by atoms with van der Waals surface area (Å²) in [5.41, 5.74) is 6.93. The molecule has 1 aliphatic heterocycles. The summed E-state index contributed by atoms with van der Waals surface area (Å²) in [5, 5.41) is 0. The number of halogens is 1. The van der Waals surface area contributed by atoms with E-state index in [2.05, 4.69) is 20.9 Å². The third kappa shape index (κ3) is 2.42. The van der Waals surface area contributed by atoms with Crippen molar-refractivity contribution < 1.29 is 9.59 Å². The van der Waals surface area contributed by atoms with Crippen LogP contribution in [0, 0.1) is 0 Å². The molecule has 0 saturated carbocycles. The van der Waals surface area contributed by atoms with Gasteiger partial charge in [-0.1, -0.05) is 30.3 Å². The van der Waals surface area contributed by atoms with E-state index in [1.54, 1.807) is 6.07 Å². The fourth-order valence-electron chi connectivity index (χ4n) is 2.41. The van der Waals surface area contributed by atoms with E-state index in [4.69, 9.17) is 5.73 Å². The minimum Gasteiger partial charge on any atom is -0.397 e. The Kier molecular flexibility index (Phi) is 3.47. The molecule has 1 aliphatic rings. The van der Waals surface area contributed by atoms with Gasteiger partial charge in [-0.2, -0.15) is 0 Å². The molecule has 0 aliphatic carbocycles. The lowest BCUT2D eigenvalue weighted by Gasteiger charge is -2.15. The van der Waals surface area contributed by atoms with Gasteiger partial charge in [0.1, 0.15) is 0 Å². The summed E-state index contributed by atoms with van der Waals surface area (Å²) in [4.78, 5) is 30.0. The van der Waals surface area contributed by atoms with Crippen LogP contribution in [0.4, 0.5) is 11.5 Å². The Hall–Kier alpha value is -2.21. The largest absolute Gasteiger partial charge is 0.397 e. The van der Waals surface area contributed by atoms with E-state index >= 15 is 0 Å². The molecule has 106 valence electrons. The number of nitrogen functional groups attached to an aromatic ring is 1. The predicted octanol–water partition coefficient (Wildman–Crippen LogP) is 2.47. The summed E-state index contributed by atoms with van der Waals surface area (Å²) in [6, 6.07) is 10.9. The molecule has 2 amide bonds. The number of anilines is 2. The van der Waals surface area contributed by atoms with E-state index < -0.39 is 5.92 Å². The highest BCUT2D eigenvalue weighted by molar-refractivity contribution is 9.10. The number of carbonyl (C=O) groups is 2. The summed E-state index contributed by atoms with van der Waals surface area (Å²) in [5.74, 6) is -0.682. The molecule has 21 heavy (non-hydrogen) atoms. The van der Waals surface area contributed by atoms with Crippen molar-refractivity contribution in [2.45, 2.75) is 12.3 Å². The van der Waals surface area contributed by atoms with Crippen molar-refractivity contribution in [3.63, 3.8) is 0 Å². The number of aromatic nitrogens is 1. The van der Waals surface area contributed by atoms with Crippen LogP contribution in [0.15, 0.2) is 47.1 Å². The highest BCUT2D eigenvalue weighted by Crippen LogP contribution is 2.35. The van der Waals surface area contributed by atoms with Gasteiger partial charge in [-0.25, -0.2) is 9.88 Å². The number of hydrogen-bond donors (Lipinski definition) is 1. The smallest absolute Gasteiger partial charge is 0.243 e. The Bertz CT molecular complexity index is 718. The van der Waals surface area contributed by atoms with Gasteiger partial charge in [0.15, 0.2) is 5.82 Å². The van der Waals surface area contributed by atoms with Crippen LogP contribution in [0.1, 0.15) is 17.9 Å². The summed E-state index contributed by atoms with van der Waals surface area (Å²) in [6.45, 7) is 0. The standard InChI is InChI=1S/C15H12BrN3O2/c16-12-6-10(17)8-18-14(12)19-13(20)7-11(15(19)21)9-4-2-1-3-5-9/h1-6,8,11H,7,17H2. The van der Waals surface area contributed by atoms with Crippen molar-refractivity contribution in [1.82, 2.24) is 4.98 Å². The fourth-order valence-corrected chi connectivity index (χ4v) is 2.95. The van der Waals surface area contributed by atoms with Gasteiger partial charge in [0.05, 0.1) is 22.3 Å². The predicted molar refractivity (Wildman–Crippen MR) is 82.6 cm³/mol. The molecule has 2 aromatic rings.